The lowest BCUT2D eigenvalue weighted by Crippen LogP contribution is -2.37. The monoisotopic (exact) mass is 352 g/mol. The molecular formula is C15H17ClN4O2S. The molecule has 1 N–H and O–H groups in total. The van der Waals surface area contributed by atoms with Gasteiger partial charge in [0.25, 0.3) is 4.84 Å². The molecule has 122 valence electrons. The van der Waals surface area contributed by atoms with Crippen LogP contribution >= 0.6 is 23.8 Å². The molecule has 1 amide bonds. The van der Waals surface area contributed by atoms with Crippen LogP contribution < -0.4 is 5.32 Å². The molecule has 0 radical (unpaired) electrons. The lowest BCUT2D eigenvalue weighted by molar-refractivity contribution is -0.122. The fourth-order valence-electron chi connectivity index (χ4n) is 2.16. The molecular weight excluding hydrogens is 336 g/mol. The second-order valence-corrected chi connectivity index (χ2v) is 6.41. The van der Waals surface area contributed by atoms with E-state index in [0.717, 1.165) is 12.8 Å². The Hall–Kier alpha value is -1.70. The molecule has 0 unspecified atom stereocenters. The second kappa shape index (κ2) is 6.82. The summed E-state index contributed by atoms with van der Waals surface area (Å²) >= 11 is 11.3. The maximum Gasteiger partial charge on any atom is 0.288 e. The van der Waals surface area contributed by atoms with Gasteiger partial charge in [0.2, 0.25) is 11.8 Å². The Morgan fingerprint density at radius 3 is 2.96 bits per heavy atom. The van der Waals surface area contributed by atoms with Crippen LogP contribution in [0.1, 0.15) is 12.8 Å². The van der Waals surface area contributed by atoms with E-state index in [-0.39, 0.29) is 17.3 Å². The lowest BCUT2D eigenvalue weighted by Gasteiger charge is -2.15. The third-order valence-corrected chi connectivity index (χ3v) is 4.07. The first kappa shape index (κ1) is 16.2. The summed E-state index contributed by atoms with van der Waals surface area (Å²) in [4.78, 5) is 13.9. The van der Waals surface area contributed by atoms with Crippen LogP contribution in [0.15, 0.2) is 28.7 Å². The molecule has 3 rings (SSSR count). The molecule has 23 heavy (non-hydrogen) atoms. The number of halogens is 1. The van der Waals surface area contributed by atoms with Gasteiger partial charge in [0, 0.05) is 6.04 Å². The average Bonchev–Trinajstić information content (AvgIpc) is 3.22. The molecule has 0 atom stereocenters. The molecule has 8 heteroatoms. The zero-order valence-corrected chi connectivity index (χ0v) is 14.2. The van der Waals surface area contributed by atoms with Crippen molar-refractivity contribution >= 4 is 29.7 Å². The van der Waals surface area contributed by atoms with Crippen LogP contribution in [0.25, 0.3) is 11.5 Å². The van der Waals surface area contributed by atoms with Crippen molar-refractivity contribution in [1.82, 2.24) is 20.0 Å². The van der Waals surface area contributed by atoms with Crippen molar-refractivity contribution < 1.29 is 9.21 Å². The fraction of sp³-hybridized carbons (Fsp3) is 0.400. The number of nitrogens with one attached hydrogen (secondary N) is 1. The molecule has 2 aromatic rings. The van der Waals surface area contributed by atoms with Gasteiger partial charge in [-0.25, -0.2) is 4.68 Å². The fourth-order valence-corrected chi connectivity index (χ4v) is 2.56. The summed E-state index contributed by atoms with van der Waals surface area (Å²) in [5.41, 5.74) is 0.688. The summed E-state index contributed by atoms with van der Waals surface area (Å²) in [6.45, 7) is 0.650. The highest BCUT2D eigenvalue weighted by Gasteiger charge is 2.23. The summed E-state index contributed by atoms with van der Waals surface area (Å²) in [5.74, 6) is 0.382. The summed E-state index contributed by atoms with van der Waals surface area (Å²) in [7, 11) is 1.83. The normalized spacial score (nSPS) is 14.2. The van der Waals surface area contributed by atoms with E-state index in [1.807, 2.05) is 30.1 Å². The van der Waals surface area contributed by atoms with E-state index in [9.17, 15) is 4.79 Å². The van der Waals surface area contributed by atoms with Gasteiger partial charge in [0.1, 0.15) is 0 Å². The van der Waals surface area contributed by atoms with Crippen molar-refractivity contribution in [3.8, 4) is 11.5 Å². The quantitative estimate of drug-likeness (QED) is 0.810. The van der Waals surface area contributed by atoms with Crippen LogP contribution in [0.5, 0.6) is 0 Å². The minimum absolute atomic E-state index is 0.0105. The smallest absolute Gasteiger partial charge is 0.288 e. The van der Waals surface area contributed by atoms with Crippen molar-refractivity contribution in [2.45, 2.75) is 25.6 Å². The topological polar surface area (TPSA) is 63.3 Å². The molecule has 1 fully saturated rings. The molecule has 1 aromatic heterocycles. The number of hydrogen-bond acceptors (Lipinski definition) is 5. The summed E-state index contributed by atoms with van der Waals surface area (Å²) in [6.07, 6.45) is 2.15. The van der Waals surface area contributed by atoms with E-state index in [4.69, 9.17) is 28.2 Å². The summed E-state index contributed by atoms with van der Waals surface area (Å²) < 4.78 is 7.06. The average molecular weight is 353 g/mol. The SMILES string of the molecule is CN(CC(=O)NC1CC1)Cn1nc(-c2ccccc2Cl)oc1=S. The first-order chi connectivity index (χ1) is 11.0. The van der Waals surface area contributed by atoms with E-state index in [1.165, 1.54) is 0 Å². The number of hydrogen-bond donors (Lipinski definition) is 1. The highest BCUT2D eigenvalue weighted by atomic mass is 35.5. The van der Waals surface area contributed by atoms with Gasteiger partial charge >= 0.3 is 0 Å². The highest BCUT2D eigenvalue weighted by molar-refractivity contribution is 7.71. The maximum atomic E-state index is 11.8. The van der Waals surface area contributed by atoms with E-state index in [1.54, 1.807) is 10.7 Å². The Labute approximate surface area is 144 Å². The van der Waals surface area contributed by atoms with Crippen LogP contribution in [0.2, 0.25) is 5.02 Å². The van der Waals surface area contributed by atoms with Crippen LogP contribution in [-0.2, 0) is 11.5 Å². The first-order valence-corrected chi connectivity index (χ1v) is 8.12. The van der Waals surface area contributed by atoms with Crippen molar-refractivity contribution in [3.05, 3.63) is 34.1 Å². The van der Waals surface area contributed by atoms with E-state index >= 15 is 0 Å². The van der Waals surface area contributed by atoms with Crippen LogP contribution in [0.4, 0.5) is 0 Å². The molecule has 0 aliphatic heterocycles. The standard InChI is InChI=1S/C15H17ClN4O2S/c1-19(8-13(21)17-10-6-7-10)9-20-15(23)22-14(18-20)11-4-2-3-5-12(11)16/h2-5,10H,6-9H2,1H3,(H,17,21). The third kappa shape index (κ3) is 4.19. The van der Waals surface area contributed by atoms with Gasteiger partial charge in [-0.2, -0.15) is 0 Å². The predicted octanol–water partition coefficient (Wildman–Crippen LogP) is 2.69. The summed E-state index contributed by atoms with van der Waals surface area (Å²) in [6, 6.07) is 7.64. The maximum absolute atomic E-state index is 11.8. The van der Waals surface area contributed by atoms with Gasteiger partial charge in [-0.15, -0.1) is 5.10 Å². The molecule has 1 saturated carbocycles. The highest BCUT2D eigenvalue weighted by Crippen LogP contribution is 2.26. The van der Waals surface area contributed by atoms with Crippen molar-refractivity contribution in [2.24, 2.45) is 0 Å². The predicted molar refractivity (Wildman–Crippen MR) is 89.6 cm³/mol. The van der Waals surface area contributed by atoms with Crippen LogP contribution in [-0.4, -0.2) is 40.2 Å². The molecule has 0 spiro atoms. The first-order valence-electron chi connectivity index (χ1n) is 7.33. The van der Waals surface area contributed by atoms with Crippen molar-refractivity contribution in [1.29, 1.82) is 0 Å². The molecule has 1 aliphatic carbocycles. The molecule has 1 aliphatic rings. The number of likely N-dealkylation sites (N-methyl/N-ethyl adjacent to an activating group) is 1. The Balaban J connectivity index is 1.67. The Morgan fingerprint density at radius 1 is 1.52 bits per heavy atom. The van der Waals surface area contributed by atoms with E-state index < -0.39 is 0 Å². The molecule has 0 bridgehead atoms. The van der Waals surface area contributed by atoms with Gasteiger partial charge in [-0.3, -0.25) is 9.69 Å². The second-order valence-electron chi connectivity index (χ2n) is 5.65. The summed E-state index contributed by atoms with van der Waals surface area (Å²) in [5, 5.41) is 7.85. The largest absolute Gasteiger partial charge is 0.409 e. The molecule has 1 heterocycles. The lowest BCUT2D eigenvalue weighted by atomic mass is 10.2. The van der Waals surface area contributed by atoms with Gasteiger partial charge in [0.05, 0.1) is 23.8 Å². The van der Waals surface area contributed by atoms with Gasteiger partial charge in [-0.05, 0) is 44.2 Å². The Bertz CT molecular complexity index is 769. The van der Waals surface area contributed by atoms with Gasteiger partial charge in [0.15, 0.2) is 0 Å². The number of aromatic nitrogens is 2. The van der Waals surface area contributed by atoms with Crippen molar-refractivity contribution in [3.63, 3.8) is 0 Å². The third-order valence-electron chi connectivity index (χ3n) is 3.44. The van der Waals surface area contributed by atoms with Gasteiger partial charge in [-0.1, -0.05) is 23.7 Å². The van der Waals surface area contributed by atoms with E-state index in [0.29, 0.717) is 29.2 Å². The number of benzene rings is 1. The molecule has 6 nitrogen and oxygen atoms in total. The zero-order valence-electron chi connectivity index (χ0n) is 12.7. The number of carbonyl (C=O) groups excluding carboxylic acids is 1. The molecule has 0 saturated heterocycles. The van der Waals surface area contributed by atoms with Crippen molar-refractivity contribution in [2.75, 3.05) is 13.6 Å². The Kier molecular flexibility index (Phi) is 4.79. The van der Waals surface area contributed by atoms with E-state index in [2.05, 4.69) is 10.4 Å². The van der Waals surface area contributed by atoms with Gasteiger partial charge < -0.3 is 9.73 Å². The molecule has 1 aromatic carbocycles. The number of rotatable bonds is 6. The number of nitrogens with zero attached hydrogens (tertiary/aromatic N) is 3. The zero-order chi connectivity index (χ0) is 16.4. The Morgan fingerprint density at radius 2 is 2.26 bits per heavy atom. The number of amides is 1. The minimum atomic E-state index is 0.0105. The van der Waals surface area contributed by atoms with Crippen LogP contribution in [0, 0.1) is 4.84 Å². The van der Waals surface area contributed by atoms with Crippen LogP contribution in [0.3, 0.4) is 0 Å². The minimum Gasteiger partial charge on any atom is -0.409 e. The number of carbonyl (C=O) groups is 1.